The van der Waals surface area contributed by atoms with Crippen LogP contribution in [0.4, 0.5) is 0 Å². The normalized spacial score (nSPS) is 16.3. The Morgan fingerprint density at radius 3 is 1.89 bits per heavy atom. The first-order chi connectivity index (χ1) is 27.0. The Kier molecular flexibility index (Phi) is 14.8. The molecule has 2 heterocycles. The van der Waals surface area contributed by atoms with Crippen molar-refractivity contribution in [2.45, 2.75) is 81.2 Å². The number of nitrogens with one attached hydrogen (secondary N) is 5. The third-order valence-corrected chi connectivity index (χ3v) is 9.23. The Bertz CT molecular complexity index is 2000. The molecule has 6 atom stereocenters. The van der Waals surface area contributed by atoms with Crippen LogP contribution in [0.5, 0.6) is 0 Å². The maximum Gasteiger partial charge on any atom is 0.326 e. The first-order valence-electron chi connectivity index (χ1n) is 17.8. The van der Waals surface area contributed by atoms with Crippen molar-refractivity contribution in [2.24, 2.45) is 11.5 Å². The molecule has 3 aromatic rings. The Hall–Kier alpha value is -6.83. The molecule has 20 nitrogen and oxygen atoms in total. The quantitative estimate of drug-likeness (QED) is 0.0600. The van der Waals surface area contributed by atoms with Gasteiger partial charge in [0, 0.05) is 36.5 Å². The highest BCUT2D eigenvalue weighted by atomic mass is 16.4. The molecule has 1 aliphatic rings. The van der Waals surface area contributed by atoms with Crippen LogP contribution in [0, 0.1) is 0 Å². The Balaban J connectivity index is 1.60. The lowest BCUT2D eigenvalue weighted by Crippen LogP contribution is -2.60. The van der Waals surface area contributed by atoms with Crippen LogP contribution in [0.2, 0.25) is 0 Å². The number of para-hydroxylation sites is 1. The van der Waals surface area contributed by atoms with Gasteiger partial charge in [0.05, 0.1) is 25.3 Å². The number of hydrogen-bond acceptors (Lipinski definition) is 10. The molecule has 0 unspecified atom stereocenters. The van der Waals surface area contributed by atoms with E-state index in [1.54, 1.807) is 60.8 Å². The molecular weight excluding hydrogens is 748 g/mol. The number of carbonyl (C=O) groups excluding carboxylic acids is 6. The molecule has 0 radical (unpaired) electrons. The molecule has 0 bridgehead atoms. The van der Waals surface area contributed by atoms with E-state index >= 15 is 0 Å². The van der Waals surface area contributed by atoms with Gasteiger partial charge in [-0.05, 0) is 30.0 Å². The first kappa shape index (κ1) is 42.9. The first-order valence-corrected chi connectivity index (χ1v) is 17.8. The van der Waals surface area contributed by atoms with Gasteiger partial charge >= 0.3 is 17.9 Å². The Labute approximate surface area is 324 Å². The van der Waals surface area contributed by atoms with Gasteiger partial charge in [-0.2, -0.15) is 0 Å². The lowest BCUT2D eigenvalue weighted by Gasteiger charge is -2.29. The summed E-state index contributed by atoms with van der Waals surface area (Å²) < 4.78 is 0. The highest BCUT2D eigenvalue weighted by Crippen LogP contribution is 2.21. The fourth-order valence-corrected chi connectivity index (χ4v) is 6.44. The highest BCUT2D eigenvalue weighted by Gasteiger charge is 2.39. The molecule has 0 spiro atoms. The minimum absolute atomic E-state index is 0.0366. The van der Waals surface area contributed by atoms with Crippen molar-refractivity contribution < 1.29 is 58.5 Å². The maximum atomic E-state index is 13.9. The summed E-state index contributed by atoms with van der Waals surface area (Å²) in [4.78, 5) is 119. The van der Waals surface area contributed by atoms with Gasteiger partial charge in [0.15, 0.2) is 0 Å². The third-order valence-electron chi connectivity index (χ3n) is 9.23. The molecule has 12 N–H and O–H groups in total. The van der Waals surface area contributed by atoms with Crippen molar-refractivity contribution in [2.75, 3.05) is 6.54 Å². The molecule has 1 saturated heterocycles. The molecule has 1 aromatic heterocycles. The fourth-order valence-electron chi connectivity index (χ4n) is 6.44. The van der Waals surface area contributed by atoms with E-state index in [0.29, 0.717) is 28.5 Å². The molecule has 20 heteroatoms. The number of aromatic amines is 1. The van der Waals surface area contributed by atoms with E-state index < -0.39 is 109 Å². The molecule has 304 valence electrons. The molecule has 57 heavy (non-hydrogen) atoms. The van der Waals surface area contributed by atoms with Crippen molar-refractivity contribution in [3.8, 4) is 0 Å². The van der Waals surface area contributed by atoms with Crippen molar-refractivity contribution >= 4 is 64.3 Å². The number of likely N-dealkylation sites (tertiary alicyclic amines) is 1. The van der Waals surface area contributed by atoms with E-state index in [0.717, 1.165) is 4.90 Å². The second-order valence-electron chi connectivity index (χ2n) is 13.5. The fraction of sp³-hybridized carbons (Fsp3) is 0.378. The summed E-state index contributed by atoms with van der Waals surface area (Å²) in [6.45, 7) is 0.0366. The van der Waals surface area contributed by atoms with Crippen molar-refractivity contribution in [1.82, 2.24) is 31.2 Å². The van der Waals surface area contributed by atoms with Gasteiger partial charge in [-0.25, -0.2) is 4.79 Å². The number of nitrogens with two attached hydrogens (primary N) is 2. The van der Waals surface area contributed by atoms with Gasteiger partial charge < -0.3 is 57.9 Å². The van der Waals surface area contributed by atoms with E-state index in [2.05, 4.69) is 26.3 Å². The average Bonchev–Trinajstić information content (AvgIpc) is 3.81. The number of carboxylic acid groups (broad SMARTS) is 3. The molecule has 6 amide bonds. The van der Waals surface area contributed by atoms with Crippen LogP contribution in [0.1, 0.15) is 43.2 Å². The van der Waals surface area contributed by atoms with Crippen LogP contribution in [0.25, 0.3) is 10.9 Å². The van der Waals surface area contributed by atoms with Crippen LogP contribution in [0.3, 0.4) is 0 Å². The number of rotatable bonds is 20. The number of fused-ring (bicyclic) bond motifs is 1. The predicted octanol–water partition coefficient (Wildman–Crippen LogP) is -1.88. The summed E-state index contributed by atoms with van der Waals surface area (Å²) in [5, 5.41) is 38.7. The Morgan fingerprint density at radius 1 is 0.702 bits per heavy atom. The summed E-state index contributed by atoms with van der Waals surface area (Å²) >= 11 is 0. The third kappa shape index (κ3) is 12.1. The number of carbonyl (C=O) groups is 9. The van der Waals surface area contributed by atoms with Gasteiger partial charge in [-0.1, -0.05) is 48.5 Å². The van der Waals surface area contributed by atoms with Crippen molar-refractivity contribution in [1.29, 1.82) is 0 Å². The SMILES string of the molecule is NC(=O)C[C@H](NC(=O)[C@H](Cc1ccccc1)NC(=O)[C@H](CC(=O)O)NC(=O)[C@H](Cc1c[nH]c2ccccc12)NC(=O)[C@@H](N)CC(=O)O)C(=O)N1CCC[C@H]1C(=O)O. The zero-order valence-electron chi connectivity index (χ0n) is 30.5. The smallest absolute Gasteiger partial charge is 0.326 e. The van der Waals surface area contributed by atoms with Gasteiger partial charge in [-0.15, -0.1) is 0 Å². The lowest BCUT2D eigenvalue weighted by atomic mass is 10.0. The number of carboxylic acids is 3. The molecule has 1 fully saturated rings. The number of amides is 6. The standard InChI is InChI=1S/C37H44N8O12/c38-22(15-30(47)48)32(51)41-25(14-20-18-40-23-10-5-4-9-21(20)23)34(53)43-26(17-31(49)50)35(54)42-24(13-19-7-2-1-3-8-19)33(52)44-27(16-29(39)46)36(55)45-12-6-11-28(45)37(56)57/h1-5,7-10,18,22,24-28,40H,6,11-17,38H2,(H2,39,46)(H,41,51)(H,42,54)(H,43,53)(H,44,52)(H,47,48)(H,49,50)(H,56,57)/t22-,24-,25-,26-,27-,28-/m0/s1. The maximum absolute atomic E-state index is 13.9. The van der Waals surface area contributed by atoms with Crippen LogP contribution >= 0.6 is 0 Å². The van der Waals surface area contributed by atoms with Crippen molar-refractivity contribution in [3.63, 3.8) is 0 Å². The molecule has 4 rings (SSSR count). The molecule has 0 saturated carbocycles. The summed E-state index contributed by atoms with van der Waals surface area (Å²) in [7, 11) is 0. The second kappa shape index (κ2) is 19.7. The average molecular weight is 793 g/mol. The zero-order chi connectivity index (χ0) is 41.8. The van der Waals surface area contributed by atoms with Crippen LogP contribution < -0.4 is 32.7 Å². The van der Waals surface area contributed by atoms with E-state index in [9.17, 15) is 53.4 Å². The van der Waals surface area contributed by atoms with E-state index in [1.165, 1.54) is 0 Å². The topological polar surface area (TPSA) is 334 Å². The van der Waals surface area contributed by atoms with Crippen LogP contribution in [0.15, 0.2) is 60.8 Å². The minimum atomic E-state index is -1.86. The second-order valence-corrected chi connectivity index (χ2v) is 13.5. The number of aliphatic carboxylic acids is 3. The Morgan fingerprint density at radius 2 is 1.26 bits per heavy atom. The summed E-state index contributed by atoms with van der Waals surface area (Å²) in [5.74, 6) is -10.3. The number of aromatic nitrogens is 1. The summed E-state index contributed by atoms with van der Waals surface area (Å²) in [5.41, 5.74) is 12.8. The van der Waals surface area contributed by atoms with Crippen molar-refractivity contribution in [3.05, 3.63) is 71.9 Å². The van der Waals surface area contributed by atoms with Gasteiger partial charge in [0.25, 0.3) is 0 Å². The number of primary amides is 1. The van der Waals surface area contributed by atoms with E-state index in [4.69, 9.17) is 16.6 Å². The predicted molar refractivity (Wildman–Crippen MR) is 199 cm³/mol. The molecule has 1 aliphatic heterocycles. The highest BCUT2D eigenvalue weighted by molar-refractivity contribution is 5.99. The summed E-state index contributed by atoms with van der Waals surface area (Å²) in [6.07, 6.45) is -0.859. The number of hydrogen-bond donors (Lipinski definition) is 10. The van der Waals surface area contributed by atoms with E-state index in [1.807, 2.05) is 0 Å². The van der Waals surface area contributed by atoms with E-state index in [-0.39, 0.29) is 25.8 Å². The number of H-pyrrole nitrogens is 1. The molecule has 0 aliphatic carbocycles. The molecule has 2 aromatic carbocycles. The zero-order valence-corrected chi connectivity index (χ0v) is 30.5. The lowest BCUT2D eigenvalue weighted by molar-refractivity contribution is -0.149. The summed E-state index contributed by atoms with van der Waals surface area (Å²) in [6, 6.07) is 5.87. The number of benzene rings is 2. The van der Waals surface area contributed by atoms with Crippen LogP contribution in [-0.2, 0) is 56.0 Å². The van der Waals surface area contributed by atoms with Gasteiger partial charge in [-0.3, -0.25) is 38.4 Å². The monoisotopic (exact) mass is 792 g/mol. The largest absolute Gasteiger partial charge is 0.481 e. The minimum Gasteiger partial charge on any atom is -0.481 e. The van der Waals surface area contributed by atoms with Crippen LogP contribution in [-0.4, -0.2) is 121 Å². The molecular formula is C37H44N8O12. The van der Waals surface area contributed by atoms with Gasteiger partial charge in [0.1, 0.15) is 30.2 Å². The van der Waals surface area contributed by atoms with Gasteiger partial charge in [0.2, 0.25) is 35.4 Å². The number of nitrogens with zero attached hydrogens (tertiary/aromatic N) is 1.